The predicted octanol–water partition coefficient (Wildman–Crippen LogP) is 2.52. The van der Waals surface area contributed by atoms with E-state index >= 15 is 0 Å². The molecular weight excluding hydrogens is 270 g/mol. The second-order valence-electron chi connectivity index (χ2n) is 5.80. The molecule has 0 aliphatic heterocycles. The number of aromatic nitrogens is 2. The summed E-state index contributed by atoms with van der Waals surface area (Å²) in [6.45, 7) is 5.55. The zero-order valence-electron chi connectivity index (χ0n) is 12.8. The summed E-state index contributed by atoms with van der Waals surface area (Å²) in [5, 5.41) is 6.90. The second kappa shape index (κ2) is 6.74. The molecule has 0 radical (unpaired) electrons. The molecule has 21 heavy (non-hydrogen) atoms. The van der Waals surface area contributed by atoms with Crippen molar-refractivity contribution in [2.45, 2.75) is 58.6 Å². The first-order valence-electron chi connectivity index (χ1n) is 7.54. The molecule has 1 saturated carbocycles. The largest absolute Gasteiger partial charge is 0.452 e. The summed E-state index contributed by atoms with van der Waals surface area (Å²) in [6, 6.07) is 1.87. The van der Waals surface area contributed by atoms with E-state index in [4.69, 9.17) is 4.74 Å². The van der Waals surface area contributed by atoms with E-state index in [1.165, 1.54) is 0 Å². The van der Waals surface area contributed by atoms with Crippen LogP contribution in [0.15, 0.2) is 12.3 Å². The maximum absolute atomic E-state index is 12.1. The average molecular weight is 293 g/mol. The summed E-state index contributed by atoms with van der Waals surface area (Å²) in [4.78, 5) is 24.0. The van der Waals surface area contributed by atoms with E-state index in [0.717, 1.165) is 25.7 Å². The third-order valence-electron chi connectivity index (χ3n) is 3.76. The highest BCUT2D eigenvalue weighted by atomic mass is 16.5. The molecule has 6 heteroatoms. The summed E-state index contributed by atoms with van der Waals surface area (Å²) < 4.78 is 6.98. The van der Waals surface area contributed by atoms with Crippen LogP contribution in [0.25, 0.3) is 0 Å². The lowest BCUT2D eigenvalue weighted by atomic mass is 10.1. The molecule has 1 amide bonds. The Balaban J connectivity index is 1.90. The Labute approximate surface area is 124 Å². The summed E-state index contributed by atoms with van der Waals surface area (Å²) >= 11 is 0. The molecule has 116 valence electrons. The van der Waals surface area contributed by atoms with Gasteiger partial charge >= 0.3 is 5.97 Å². The SMILES string of the molecule is CC(C)n1nccc1NC(=O)[C@@H](C)OC(=O)C1CCCC1. The molecule has 1 aromatic heterocycles. The van der Waals surface area contributed by atoms with Crippen LogP contribution < -0.4 is 5.32 Å². The third kappa shape index (κ3) is 3.83. The Morgan fingerprint density at radius 1 is 1.33 bits per heavy atom. The topological polar surface area (TPSA) is 73.2 Å². The molecule has 1 atom stereocenters. The molecule has 1 aliphatic rings. The van der Waals surface area contributed by atoms with Crippen molar-refractivity contribution in [3.05, 3.63) is 12.3 Å². The Kier molecular flexibility index (Phi) is 4.98. The van der Waals surface area contributed by atoms with Crippen LogP contribution >= 0.6 is 0 Å². The first-order valence-corrected chi connectivity index (χ1v) is 7.54. The van der Waals surface area contributed by atoms with Gasteiger partial charge in [0.2, 0.25) is 0 Å². The smallest absolute Gasteiger partial charge is 0.309 e. The number of hydrogen-bond acceptors (Lipinski definition) is 4. The van der Waals surface area contributed by atoms with Crippen molar-refractivity contribution < 1.29 is 14.3 Å². The molecule has 1 N–H and O–H groups in total. The fourth-order valence-electron chi connectivity index (χ4n) is 2.54. The van der Waals surface area contributed by atoms with Crippen molar-refractivity contribution in [1.29, 1.82) is 0 Å². The van der Waals surface area contributed by atoms with Crippen LogP contribution in [0.1, 0.15) is 52.5 Å². The van der Waals surface area contributed by atoms with Gasteiger partial charge in [-0.05, 0) is 33.6 Å². The van der Waals surface area contributed by atoms with Gasteiger partial charge in [0, 0.05) is 12.1 Å². The second-order valence-corrected chi connectivity index (χ2v) is 5.80. The highest BCUT2D eigenvalue weighted by molar-refractivity contribution is 5.94. The van der Waals surface area contributed by atoms with Crippen LogP contribution in [0, 0.1) is 5.92 Å². The molecule has 2 rings (SSSR count). The maximum atomic E-state index is 12.1. The normalized spacial score (nSPS) is 17.0. The number of carbonyl (C=O) groups is 2. The fourth-order valence-corrected chi connectivity index (χ4v) is 2.54. The molecule has 1 aromatic rings. The van der Waals surface area contributed by atoms with Gasteiger partial charge in [0.15, 0.2) is 6.10 Å². The molecular formula is C15H23N3O3. The quantitative estimate of drug-likeness (QED) is 0.847. The van der Waals surface area contributed by atoms with Gasteiger partial charge in [-0.2, -0.15) is 5.10 Å². The van der Waals surface area contributed by atoms with Crippen LogP contribution in [0.5, 0.6) is 0 Å². The summed E-state index contributed by atoms with van der Waals surface area (Å²) in [6.07, 6.45) is 4.70. The van der Waals surface area contributed by atoms with Gasteiger partial charge in [0.25, 0.3) is 5.91 Å². The minimum Gasteiger partial charge on any atom is -0.452 e. The van der Waals surface area contributed by atoms with Gasteiger partial charge in [-0.3, -0.25) is 9.59 Å². The van der Waals surface area contributed by atoms with E-state index in [9.17, 15) is 9.59 Å². The standard InChI is InChI=1S/C15H23N3O3/c1-10(2)18-13(8-9-16-18)17-14(19)11(3)21-15(20)12-6-4-5-7-12/h8-12H,4-7H2,1-3H3,(H,17,19)/t11-/m1/s1. The lowest BCUT2D eigenvalue weighted by Crippen LogP contribution is -2.32. The zero-order chi connectivity index (χ0) is 15.4. The van der Waals surface area contributed by atoms with E-state index in [1.807, 2.05) is 13.8 Å². The monoisotopic (exact) mass is 293 g/mol. The number of hydrogen-bond donors (Lipinski definition) is 1. The molecule has 0 unspecified atom stereocenters. The molecule has 0 bridgehead atoms. The van der Waals surface area contributed by atoms with Gasteiger partial charge < -0.3 is 10.1 Å². The van der Waals surface area contributed by atoms with E-state index in [1.54, 1.807) is 23.9 Å². The van der Waals surface area contributed by atoms with E-state index in [0.29, 0.717) is 5.82 Å². The molecule has 1 fully saturated rings. The van der Waals surface area contributed by atoms with Gasteiger partial charge in [0.05, 0.1) is 12.1 Å². The first kappa shape index (κ1) is 15.5. The van der Waals surface area contributed by atoms with E-state index < -0.39 is 6.10 Å². The molecule has 6 nitrogen and oxygen atoms in total. The van der Waals surface area contributed by atoms with Crippen molar-refractivity contribution in [1.82, 2.24) is 9.78 Å². The zero-order valence-corrected chi connectivity index (χ0v) is 12.8. The Bertz CT molecular complexity index is 504. The Hall–Kier alpha value is -1.85. The molecule has 0 spiro atoms. The van der Waals surface area contributed by atoms with Gasteiger partial charge in [-0.1, -0.05) is 12.8 Å². The van der Waals surface area contributed by atoms with Crippen molar-refractivity contribution in [3.63, 3.8) is 0 Å². The number of carbonyl (C=O) groups excluding carboxylic acids is 2. The fraction of sp³-hybridized carbons (Fsp3) is 0.667. The molecule has 1 aliphatic carbocycles. The van der Waals surface area contributed by atoms with E-state index in [-0.39, 0.29) is 23.8 Å². The van der Waals surface area contributed by atoms with Crippen LogP contribution in [-0.4, -0.2) is 27.8 Å². The van der Waals surface area contributed by atoms with Crippen molar-refractivity contribution in [2.24, 2.45) is 5.92 Å². The van der Waals surface area contributed by atoms with Crippen molar-refractivity contribution in [3.8, 4) is 0 Å². The first-order chi connectivity index (χ1) is 9.99. The highest BCUT2D eigenvalue weighted by Gasteiger charge is 2.27. The Morgan fingerprint density at radius 2 is 2.00 bits per heavy atom. The number of ether oxygens (including phenoxy) is 1. The number of esters is 1. The van der Waals surface area contributed by atoms with Crippen LogP contribution in [0.4, 0.5) is 5.82 Å². The minimum atomic E-state index is -0.798. The lowest BCUT2D eigenvalue weighted by molar-refractivity contribution is -0.157. The lowest BCUT2D eigenvalue weighted by Gasteiger charge is -2.17. The van der Waals surface area contributed by atoms with Gasteiger partial charge in [-0.15, -0.1) is 0 Å². The summed E-state index contributed by atoms with van der Waals surface area (Å²) in [7, 11) is 0. The van der Waals surface area contributed by atoms with Crippen molar-refractivity contribution in [2.75, 3.05) is 5.32 Å². The van der Waals surface area contributed by atoms with Gasteiger partial charge in [-0.25, -0.2) is 4.68 Å². The molecule has 1 heterocycles. The third-order valence-corrected chi connectivity index (χ3v) is 3.76. The predicted molar refractivity (Wildman–Crippen MR) is 78.8 cm³/mol. The van der Waals surface area contributed by atoms with Crippen LogP contribution in [0.3, 0.4) is 0 Å². The number of nitrogens with one attached hydrogen (secondary N) is 1. The van der Waals surface area contributed by atoms with Crippen molar-refractivity contribution >= 4 is 17.7 Å². The number of anilines is 1. The van der Waals surface area contributed by atoms with Crippen LogP contribution in [0.2, 0.25) is 0 Å². The van der Waals surface area contributed by atoms with Gasteiger partial charge in [0.1, 0.15) is 5.82 Å². The number of rotatable bonds is 5. The minimum absolute atomic E-state index is 0.0403. The summed E-state index contributed by atoms with van der Waals surface area (Å²) in [5.41, 5.74) is 0. The van der Waals surface area contributed by atoms with Crippen LogP contribution in [-0.2, 0) is 14.3 Å². The average Bonchev–Trinajstić information content (AvgIpc) is 3.09. The Morgan fingerprint density at radius 3 is 2.62 bits per heavy atom. The highest BCUT2D eigenvalue weighted by Crippen LogP contribution is 2.26. The molecule has 0 aromatic carbocycles. The molecule has 0 saturated heterocycles. The maximum Gasteiger partial charge on any atom is 0.309 e. The number of amides is 1. The summed E-state index contributed by atoms with van der Waals surface area (Å²) in [5.74, 6) is -0.0172. The number of nitrogens with zero attached hydrogens (tertiary/aromatic N) is 2. The van der Waals surface area contributed by atoms with E-state index in [2.05, 4.69) is 10.4 Å².